The average molecular weight is 363 g/mol. The van der Waals surface area contributed by atoms with Gasteiger partial charge in [-0.25, -0.2) is 14.8 Å². The first-order valence-electron chi connectivity index (χ1n) is 8.45. The number of amides is 1. The van der Waals surface area contributed by atoms with E-state index >= 15 is 0 Å². The lowest BCUT2D eigenvalue weighted by Crippen LogP contribution is -2.25. The van der Waals surface area contributed by atoms with Gasteiger partial charge < -0.3 is 19.9 Å². The molecule has 3 aromatic rings. The monoisotopic (exact) mass is 363 g/mol. The first-order chi connectivity index (χ1) is 13.0. The SMILES string of the molecule is CCN1c2ncccc2C(=O)N(C)c2ccc(-c3c[nH]c(C(=O)O)c3)nc21. The van der Waals surface area contributed by atoms with Gasteiger partial charge in [-0.2, -0.15) is 0 Å². The zero-order chi connectivity index (χ0) is 19.1. The highest BCUT2D eigenvalue weighted by molar-refractivity contribution is 6.12. The second-order valence-electron chi connectivity index (χ2n) is 6.13. The molecule has 27 heavy (non-hydrogen) atoms. The van der Waals surface area contributed by atoms with Gasteiger partial charge >= 0.3 is 5.97 Å². The fraction of sp³-hybridized carbons (Fsp3) is 0.158. The molecule has 0 saturated heterocycles. The van der Waals surface area contributed by atoms with E-state index in [1.807, 2.05) is 17.9 Å². The zero-order valence-corrected chi connectivity index (χ0v) is 14.8. The number of carbonyl (C=O) groups excluding carboxylic acids is 1. The number of nitrogens with one attached hydrogen (secondary N) is 1. The Morgan fingerprint density at radius 2 is 2.07 bits per heavy atom. The van der Waals surface area contributed by atoms with E-state index in [-0.39, 0.29) is 11.6 Å². The third-order valence-corrected chi connectivity index (χ3v) is 4.57. The highest BCUT2D eigenvalue weighted by atomic mass is 16.4. The molecule has 2 N–H and O–H groups in total. The van der Waals surface area contributed by atoms with Crippen LogP contribution in [0.2, 0.25) is 0 Å². The zero-order valence-electron chi connectivity index (χ0n) is 14.8. The molecule has 0 bridgehead atoms. The van der Waals surface area contributed by atoms with Crippen LogP contribution in [0.1, 0.15) is 27.8 Å². The van der Waals surface area contributed by atoms with Crippen molar-refractivity contribution < 1.29 is 14.7 Å². The number of carboxylic acid groups (broad SMARTS) is 1. The summed E-state index contributed by atoms with van der Waals surface area (Å²) in [4.78, 5) is 39.3. The van der Waals surface area contributed by atoms with Crippen LogP contribution in [0.4, 0.5) is 17.3 Å². The Kier molecular flexibility index (Phi) is 3.88. The van der Waals surface area contributed by atoms with Crippen molar-refractivity contribution >= 4 is 29.2 Å². The predicted octanol–water partition coefficient (Wildman–Crippen LogP) is 2.92. The number of nitrogens with zero attached hydrogens (tertiary/aromatic N) is 4. The molecule has 0 fully saturated rings. The van der Waals surface area contributed by atoms with E-state index in [1.165, 1.54) is 6.07 Å². The fourth-order valence-corrected chi connectivity index (χ4v) is 3.20. The minimum absolute atomic E-state index is 0.0911. The van der Waals surface area contributed by atoms with Crippen molar-refractivity contribution in [3.05, 3.63) is 54.0 Å². The van der Waals surface area contributed by atoms with Gasteiger partial charge in [0.05, 0.1) is 16.9 Å². The third kappa shape index (κ3) is 2.62. The molecule has 0 atom stereocenters. The maximum absolute atomic E-state index is 12.9. The minimum Gasteiger partial charge on any atom is -0.477 e. The first-order valence-corrected chi connectivity index (χ1v) is 8.45. The number of H-pyrrole nitrogens is 1. The van der Waals surface area contributed by atoms with E-state index in [9.17, 15) is 9.59 Å². The summed E-state index contributed by atoms with van der Waals surface area (Å²) in [7, 11) is 1.71. The Bertz CT molecular complexity index is 1060. The Morgan fingerprint density at radius 1 is 1.26 bits per heavy atom. The molecule has 136 valence electrons. The summed E-state index contributed by atoms with van der Waals surface area (Å²) in [5.74, 6) is -0.0313. The van der Waals surface area contributed by atoms with E-state index in [0.29, 0.717) is 40.7 Å². The van der Waals surface area contributed by atoms with Crippen molar-refractivity contribution in [1.82, 2.24) is 15.0 Å². The molecule has 0 radical (unpaired) electrons. The van der Waals surface area contributed by atoms with Crippen molar-refractivity contribution in [2.45, 2.75) is 6.92 Å². The smallest absolute Gasteiger partial charge is 0.352 e. The van der Waals surface area contributed by atoms with Crippen LogP contribution in [0, 0.1) is 0 Å². The summed E-state index contributed by atoms with van der Waals surface area (Å²) in [5, 5.41) is 9.12. The number of pyridine rings is 2. The van der Waals surface area contributed by atoms with Crippen LogP contribution in [0.25, 0.3) is 11.3 Å². The summed E-state index contributed by atoms with van der Waals surface area (Å²) in [6.45, 7) is 2.54. The van der Waals surface area contributed by atoms with Crippen molar-refractivity contribution in [2.75, 3.05) is 23.4 Å². The first kappa shape index (κ1) is 16.8. The van der Waals surface area contributed by atoms with Crippen molar-refractivity contribution in [2.24, 2.45) is 0 Å². The molecule has 0 saturated carbocycles. The van der Waals surface area contributed by atoms with Gasteiger partial charge in [-0.15, -0.1) is 0 Å². The van der Waals surface area contributed by atoms with Crippen LogP contribution in [0.15, 0.2) is 42.7 Å². The summed E-state index contributed by atoms with van der Waals surface area (Å²) >= 11 is 0. The van der Waals surface area contributed by atoms with E-state index in [2.05, 4.69) is 9.97 Å². The Labute approximate surface area is 155 Å². The topological polar surface area (TPSA) is 102 Å². The van der Waals surface area contributed by atoms with Gasteiger partial charge in [0, 0.05) is 31.5 Å². The number of hydrogen-bond acceptors (Lipinski definition) is 5. The predicted molar refractivity (Wildman–Crippen MR) is 101 cm³/mol. The van der Waals surface area contributed by atoms with Crippen molar-refractivity contribution in [3.8, 4) is 11.3 Å². The number of anilines is 3. The fourth-order valence-electron chi connectivity index (χ4n) is 3.20. The molecule has 1 amide bonds. The molecule has 0 unspecified atom stereocenters. The molecule has 4 heterocycles. The second kappa shape index (κ2) is 6.24. The molecule has 0 aromatic carbocycles. The standard InChI is InChI=1S/C19H17N5O3/c1-3-24-16-12(5-4-8-20-16)18(25)23(2)15-7-6-13(22-17(15)24)11-9-14(19(26)27)21-10-11/h4-10,21H,3H2,1-2H3,(H,26,27). The Balaban J connectivity index is 1.90. The van der Waals surface area contributed by atoms with Gasteiger partial charge in [0.15, 0.2) is 5.82 Å². The number of aromatic carboxylic acids is 1. The van der Waals surface area contributed by atoms with Gasteiger partial charge in [0.1, 0.15) is 11.5 Å². The van der Waals surface area contributed by atoms with Crippen LogP contribution in [0.5, 0.6) is 0 Å². The number of aromatic amines is 1. The Morgan fingerprint density at radius 3 is 2.78 bits per heavy atom. The minimum atomic E-state index is -1.03. The van der Waals surface area contributed by atoms with Crippen LogP contribution in [-0.2, 0) is 0 Å². The largest absolute Gasteiger partial charge is 0.477 e. The highest BCUT2D eigenvalue weighted by Gasteiger charge is 2.30. The molecule has 1 aliphatic rings. The molecular weight excluding hydrogens is 346 g/mol. The van der Waals surface area contributed by atoms with Gasteiger partial charge in [0.2, 0.25) is 0 Å². The molecule has 3 aromatic heterocycles. The molecule has 0 aliphatic carbocycles. The molecular formula is C19H17N5O3. The maximum Gasteiger partial charge on any atom is 0.352 e. The van der Waals surface area contributed by atoms with Crippen molar-refractivity contribution in [1.29, 1.82) is 0 Å². The quantitative estimate of drug-likeness (QED) is 0.742. The lowest BCUT2D eigenvalue weighted by molar-refractivity contribution is 0.0691. The van der Waals surface area contributed by atoms with E-state index in [1.54, 1.807) is 42.5 Å². The van der Waals surface area contributed by atoms with Crippen LogP contribution in [0.3, 0.4) is 0 Å². The van der Waals surface area contributed by atoms with Gasteiger partial charge in [-0.1, -0.05) is 0 Å². The summed E-state index contributed by atoms with van der Waals surface area (Å²) in [6.07, 6.45) is 3.25. The Hall–Kier alpha value is -3.68. The van der Waals surface area contributed by atoms with Gasteiger partial charge in [-0.05, 0) is 37.3 Å². The lowest BCUT2D eigenvalue weighted by Gasteiger charge is -2.23. The van der Waals surface area contributed by atoms with Crippen LogP contribution in [-0.4, -0.2) is 45.5 Å². The highest BCUT2D eigenvalue weighted by Crippen LogP contribution is 2.38. The second-order valence-corrected chi connectivity index (χ2v) is 6.13. The normalized spacial score (nSPS) is 13.2. The van der Waals surface area contributed by atoms with Gasteiger partial charge in [-0.3, -0.25) is 4.79 Å². The lowest BCUT2D eigenvalue weighted by atomic mass is 10.2. The van der Waals surface area contributed by atoms with Gasteiger partial charge in [0.25, 0.3) is 5.91 Å². The number of carbonyl (C=O) groups is 2. The maximum atomic E-state index is 12.9. The molecule has 0 spiro atoms. The van der Waals surface area contributed by atoms with Crippen LogP contribution < -0.4 is 9.80 Å². The summed E-state index contributed by atoms with van der Waals surface area (Å²) in [6, 6.07) is 8.61. The number of hydrogen-bond donors (Lipinski definition) is 2. The average Bonchev–Trinajstić information content (AvgIpc) is 3.15. The molecule has 8 nitrogen and oxygen atoms in total. The number of carboxylic acids is 1. The van der Waals surface area contributed by atoms with E-state index in [0.717, 1.165) is 0 Å². The molecule has 4 rings (SSSR count). The summed E-state index contributed by atoms with van der Waals surface area (Å²) < 4.78 is 0. The molecule has 8 heteroatoms. The van der Waals surface area contributed by atoms with E-state index in [4.69, 9.17) is 10.1 Å². The van der Waals surface area contributed by atoms with Crippen LogP contribution >= 0.6 is 0 Å². The number of rotatable bonds is 3. The third-order valence-electron chi connectivity index (χ3n) is 4.57. The van der Waals surface area contributed by atoms with E-state index < -0.39 is 5.97 Å². The van der Waals surface area contributed by atoms with Crippen molar-refractivity contribution in [3.63, 3.8) is 0 Å². The number of aromatic nitrogens is 3. The summed E-state index contributed by atoms with van der Waals surface area (Å²) in [5.41, 5.74) is 2.53. The number of fused-ring (bicyclic) bond motifs is 2. The molecule has 1 aliphatic heterocycles.